The fourth-order valence-corrected chi connectivity index (χ4v) is 5.57. The molecule has 7 nitrogen and oxygen atoms in total. The first-order chi connectivity index (χ1) is 18.7. The van der Waals surface area contributed by atoms with Gasteiger partial charge in [-0.05, 0) is 62.6 Å². The summed E-state index contributed by atoms with van der Waals surface area (Å²) in [6, 6.07) is 14.8. The summed E-state index contributed by atoms with van der Waals surface area (Å²) in [5.74, 6) is -2.06. The number of carbonyl (C=O) groups is 1. The Hall–Kier alpha value is -3.82. The van der Waals surface area contributed by atoms with Crippen molar-refractivity contribution < 1.29 is 27.8 Å². The van der Waals surface area contributed by atoms with E-state index in [1.54, 1.807) is 29.7 Å². The topological polar surface area (TPSA) is 74.1 Å². The number of imidazole rings is 1. The second-order valence-electron chi connectivity index (χ2n) is 10.7. The Morgan fingerprint density at radius 2 is 1.79 bits per heavy atom. The van der Waals surface area contributed by atoms with Gasteiger partial charge in [-0.1, -0.05) is 30.3 Å². The molecule has 1 saturated heterocycles. The van der Waals surface area contributed by atoms with Crippen molar-refractivity contribution in [3.05, 3.63) is 101 Å². The number of nitrogens with one attached hydrogen (secondary N) is 1. The van der Waals surface area contributed by atoms with Crippen LogP contribution in [-0.4, -0.2) is 34.3 Å². The largest absolute Gasteiger partial charge is 0.485 e. The van der Waals surface area contributed by atoms with Gasteiger partial charge in [-0.3, -0.25) is 9.20 Å². The number of hydrogen-bond donors (Lipinski definition) is 1. The zero-order chi connectivity index (χ0) is 27.4. The number of pyridine rings is 1. The lowest BCUT2D eigenvalue weighted by molar-refractivity contribution is -0.288. The molecule has 1 atom stereocenters. The molecule has 1 amide bonds. The number of rotatable bonds is 5. The number of hydrogen-bond acceptors (Lipinski definition) is 5. The van der Waals surface area contributed by atoms with E-state index in [1.807, 2.05) is 32.0 Å². The molecule has 1 fully saturated rings. The van der Waals surface area contributed by atoms with E-state index in [0.29, 0.717) is 36.0 Å². The highest BCUT2D eigenvalue weighted by atomic mass is 19.1. The number of halogens is 2. The number of nitrogens with zero attached hydrogens (tertiary/aromatic N) is 2. The van der Waals surface area contributed by atoms with Crippen LogP contribution in [0.25, 0.3) is 5.65 Å². The van der Waals surface area contributed by atoms with E-state index in [1.165, 1.54) is 18.2 Å². The minimum atomic E-state index is -0.689. The van der Waals surface area contributed by atoms with E-state index in [4.69, 9.17) is 14.2 Å². The van der Waals surface area contributed by atoms with Gasteiger partial charge in [0.25, 0.3) is 5.91 Å². The lowest BCUT2D eigenvalue weighted by atomic mass is 9.81. The van der Waals surface area contributed by atoms with Gasteiger partial charge in [-0.15, -0.1) is 0 Å². The van der Waals surface area contributed by atoms with Crippen molar-refractivity contribution in [1.29, 1.82) is 0 Å². The van der Waals surface area contributed by atoms with Gasteiger partial charge in [0.15, 0.2) is 17.2 Å². The number of aromatic nitrogens is 2. The Labute approximate surface area is 224 Å². The van der Waals surface area contributed by atoms with E-state index in [-0.39, 0.29) is 24.1 Å². The van der Waals surface area contributed by atoms with E-state index < -0.39 is 22.8 Å². The first kappa shape index (κ1) is 25.5. The standard InChI is InChI=1S/C30H29F2N3O4/c1-18-25(35-13-7-12-24(27(35)33-18)37-15-21-22(31)10-6-11-23(21)32)28(36)34-26-20-9-5-4-8-19(20)14-30(26)16-38-29(2,3)39-17-30/h4-13,26H,14-17H2,1-3H3,(H,34,36). The van der Waals surface area contributed by atoms with Crippen LogP contribution in [0.5, 0.6) is 5.75 Å². The molecule has 0 bridgehead atoms. The van der Waals surface area contributed by atoms with Crippen molar-refractivity contribution in [3.8, 4) is 5.75 Å². The Bertz CT molecular complexity index is 1550. The van der Waals surface area contributed by atoms with Crippen molar-refractivity contribution in [3.63, 3.8) is 0 Å². The lowest BCUT2D eigenvalue weighted by Gasteiger charge is -2.44. The minimum absolute atomic E-state index is 0.175. The smallest absolute Gasteiger partial charge is 0.270 e. The number of carbonyl (C=O) groups excluding carboxylic acids is 1. The predicted octanol–water partition coefficient (Wildman–Crippen LogP) is 5.30. The number of fused-ring (bicyclic) bond motifs is 2. The summed E-state index contributed by atoms with van der Waals surface area (Å²) in [4.78, 5) is 18.4. The van der Waals surface area contributed by atoms with Crippen molar-refractivity contribution in [2.45, 2.75) is 45.6 Å². The monoisotopic (exact) mass is 533 g/mol. The molecule has 0 saturated carbocycles. The molecule has 39 heavy (non-hydrogen) atoms. The van der Waals surface area contributed by atoms with Crippen LogP contribution in [0.1, 0.15) is 52.8 Å². The maximum absolute atomic E-state index is 14.1. The van der Waals surface area contributed by atoms with Gasteiger partial charge in [-0.25, -0.2) is 13.8 Å². The molecule has 1 aliphatic heterocycles. The third-order valence-corrected chi connectivity index (χ3v) is 7.65. The Balaban J connectivity index is 1.30. The molecule has 6 rings (SSSR count). The molecule has 1 unspecified atom stereocenters. The van der Waals surface area contributed by atoms with Crippen molar-refractivity contribution in [2.75, 3.05) is 13.2 Å². The van der Waals surface area contributed by atoms with Crippen LogP contribution in [0.15, 0.2) is 60.8 Å². The fourth-order valence-electron chi connectivity index (χ4n) is 5.57. The van der Waals surface area contributed by atoms with Crippen molar-refractivity contribution in [2.24, 2.45) is 5.41 Å². The molecule has 9 heteroatoms. The third-order valence-electron chi connectivity index (χ3n) is 7.65. The average molecular weight is 534 g/mol. The van der Waals surface area contributed by atoms with Gasteiger partial charge >= 0.3 is 0 Å². The zero-order valence-electron chi connectivity index (χ0n) is 22.0. The fraction of sp³-hybridized carbons (Fsp3) is 0.333. The van der Waals surface area contributed by atoms with E-state index in [9.17, 15) is 13.6 Å². The second-order valence-corrected chi connectivity index (χ2v) is 10.7. The molecule has 3 heterocycles. The van der Waals surface area contributed by atoms with Crippen LogP contribution in [0, 0.1) is 24.0 Å². The summed E-state index contributed by atoms with van der Waals surface area (Å²) in [5.41, 5.74) is 2.81. The third kappa shape index (κ3) is 4.45. The highest BCUT2D eigenvalue weighted by Gasteiger charge is 2.51. The first-order valence-corrected chi connectivity index (χ1v) is 12.9. The molecule has 2 aliphatic rings. The second kappa shape index (κ2) is 9.43. The summed E-state index contributed by atoms with van der Waals surface area (Å²) in [6.07, 6.45) is 2.44. The number of aryl methyl sites for hydroxylation is 1. The van der Waals surface area contributed by atoms with Crippen LogP contribution in [0.3, 0.4) is 0 Å². The highest BCUT2D eigenvalue weighted by molar-refractivity contribution is 5.95. The van der Waals surface area contributed by atoms with Crippen LogP contribution < -0.4 is 10.1 Å². The molecule has 4 aromatic rings. The number of benzene rings is 2. The normalized spacial score (nSPS) is 19.3. The lowest BCUT2D eigenvalue weighted by Crippen LogP contribution is -2.52. The average Bonchev–Trinajstić information content (AvgIpc) is 3.40. The predicted molar refractivity (Wildman–Crippen MR) is 139 cm³/mol. The molecule has 2 aromatic carbocycles. The van der Waals surface area contributed by atoms with Gasteiger partial charge in [0.1, 0.15) is 23.9 Å². The van der Waals surface area contributed by atoms with Crippen molar-refractivity contribution in [1.82, 2.24) is 14.7 Å². The van der Waals surface area contributed by atoms with Crippen LogP contribution >= 0.6 is 0 Å². The van der Waals surface area contributed by atoms with Crippen molar-refractivity contribution >= 4 is 11.6 Å². The molecule has 1 aliphatic carbocycles. The SMILES string of the molecule is Cc1nc2c(OCc3c(F)cccc3F)cccn2c1C(=O)NC1c2ccccc2CC12COC(C)(C)OC2. The maximum atomic E-state index is 14.1. The molecule has 2 aromatic heterocycles. The van der Waals surface area contributed by atoms with Crippen LogP contribution in [0.4, 0.5) is 8.78 Å². The quantitative estimate of drug-likeness (QED) is 0.377. The Kier molecular flexibility index (Phi) is 6.15. The van der Waals surface area contributed by atoms with Crippen LogP contribution in [-0.2, 0) is 22.5 Å². The zero-order valence-corrected chi connectivity index (χ0v) is 22.0. The van der Waals surface area contributed by atoms with E-state index in [0.717, 1.165) is 17.5 Å². The number of amides is 1. The maximum Gasteiger partial charge on any atom is 0.270 e. The van der Waals surface area contributed by atoms with Crippen LogP contribution in [0.2, 0.25) is 0 Å². The Morgan fingerprint density at radius 3 is 2.54 bits per heavy atom. The first-order valence-electron chi connectivity index (χ1n) is 12.9. The summed E-state index contributed by atoms with van der Waals surface area (Å²) >= 11 is 0. The molecule has 1 N–H and O–H groups in total. The molecular formula is C30H29F2N3O4. The summed E-state index contributed by atoms with van der Waals surface area (Å²) in [7, 11) is 0. The highest BCUT2D eigenvalue weighted by Crippen LogP contribution is 2.49. The minimum Gasteiger partial charge on any atom is -0.485 e. The van der Waals surface area contributed by atoms with Gasteiger partial charge in [0.2, 0.25) is 0 Å². The van der Waals surface area contributed by atoms with Gasteiger partial charge in [-0.2, -0.15) is 0 Å². The molecule has 1 spiro atoms. The van der Waals surface area contributed by atoms with Gasteiger partial charge in [0, 0.05) is 11.6 Å². The molecular weight excluding hydrogens is 504 g/mol. The van der Waals surface area contributed by atoms with E-state index in [2.05, 4.69) is 16.4 Å². The molecule has 202 valence electrons. The van der Waals surface area contributed by atoms with E-state index >= 15 is 0 Å². The molecule has 0 radical (unpaired) electrons. The number of ether oxygens (including phenoxy) is 3. The van der Waals surface area contributed by atoms with Gasteiger partial charge < -0.3 is 19.5 Å². The summed E-state index contributed by atoms with van der Waals surface area (Å²) in [5, 5.41) is 3.25. The summed E-state index contributed by atoms with van der Waals surface area (Å²) < 4.78 is 47.8. The summed E-state index contributed by atoms with van der Waals surface area (Å²) in [6.45, 7) is 6.08. The Morgan fingerprint density at radius 1 is 1.08 bits per heavy atom. The van der Waals surface area contributed by atoms with Gasteiger partial charge in [0.05, 0.1) is 30.5 Å².